The second-order valence-electron chi connectivity index (χ2n) is 6.31. The van der Waals surface area contributed by atoms with Gasteiger partial charge in [0.15, 0.2) is 5.16 Å². The Kier molecular flexibility index (Phi) is 5.39. The molecule has 4 nitrogen and oxygen atoms in total. The van der Waals surface area contributed by atoms with Gasteiger partial charge in [-0.3, -0.25) is 4.79 Å². The SMILES string of the molecule is O=C(NCc1ccc(F)cc1)[C@H](Sc1nc2ccccc2[nH]1)c1ccccc1. The Labute approximate surface area is 166 Å². The van der Waals surface area contributed by atoms with E-state index in [1.807, 2.05) is 54.6 Å². The third kappa shape index (κ3) is 4.23. The van der Waals surface area contributed by atoms with Crippen LogP contribution in [0.1, 0.15) is 16.4 Å². The number of benzene rings is 3. The first-order chi connectivity index (χ1) is 13.7. The quantitative estimate of drug-likeness (QED) is 0.462. The molecule has 0 aliphatic heterocycles. The number of amides is 1. The average Bonchev–Trinajstić information content (AvgIpc) is 3.15. The molecule has 1 atom stereocenters. The number of carbonyl (C=O) groups is 1. The summed E-state index contributed by atoms with van der Waals surface area (Å²) in [5.74, 6) is -0.418. The van der Waals surface area contributed by atoms with Crippen LogP contribution in [0, 0.1) is 5.82 Å². The smallest absolute Gasteiger partial charge is 0.238 e. The van der Waals surface area contributed by atoms with Crippen molar-refractivity contribution in [3.05, 3.63) is 95.8 Å². The number of carbonyl (C=O) groups excluding carboxylic acids is 1. The Balaban J connectivity index is 1.54. The maximum atomic E-state index is 13.1. The highest BCUT2D eigenvalue weighted by molar-refractivity contribution is 8.00. The van der Waals surface area contributed by atoms with Crippen LogP contribution < -0.4 is 5.32 Å². The number of para-hydroxylation sites is 2. The zero-order valence-corrected chi connectivity index (χ0v) is 15.7. The number of thioether (sulfide) groups is 1. The zero-order valence-electron chi connectivity index (χ0n) is 14.9. The topological polar surface area (TPSA) is 57.8 Å². The minimum atomic E-state index is -0.456. The summed E-state index contributed by atoms with van der Waals surface area (Å²) < 4.78 is 13.1. The van der Waals surface area contributed by atoms with Crippen LogP contribution in [0.4, 0.5) is 4.39 Å². The van der Waals surface area contributed by atoms with Crippen LogP contribution in [0.3, 0.4) is 0 Å². The number of aromatic nitrogens is 2. The molecular formula is C22H18FN3OS. The zero-order chi connectivity index (χ0) is 19.3. The van der Waals surface area contributed by atoms with E-state index in [0.29, 0.717) is 11.7 Å². The summed E-state index contributed by atoms with van der Waals surface area (Å²) in [6.45, 7) is 0.336. The van der Waals surface area contributed by atoms with Gasteiger partial charge in [0.05, 0.1) is 11.0 Å². The highest BCUT2D eigenvalue weighted by atomic mass is 32.2. The number of aromatic amines is 1. The highest BCUT2D eigenvalue weighted by Crippen LogP contribution is 2.34. The number of hydrogen-bond donors (Lipinski definition) is 2. The maximum absolute atomic E-state index is 13.1. The third-order valence-corrected chi connectivity index (χ3v) is 5.46. The summed E-state index contributed by atoms with van der Waals surface area (Å²) in [6, 6.07) is 23.5. The molecule has 0 aliphatic rings. The Hall–Kier alpha value is -3.12. The average molecular weight is 391 g/mol. The predicted molar refractivity (Wildman–Crippen MR) is 109 cm³/mol. The molecular weight excluding hydrogens is 373 g/mol. The lowest BCUT2D eigenvalue weighted by Crippen LogP contribution is -2.27. The Bertz CT molecular complexity index is 1050. The van der Waals surface area contributed by atoms with E-state index in [-0.39, 0.29) is 11.7 Å². The molecule has 1 heterocycles. The molecule has 0 saturated carbocycles. The van der Waals surface area contributed by atoms with Gasteiger partial charge in [0.1, 0.15) is 11.1 Å². The fourth-order valence-electron chi connectivity index (χ4n) is 2.88. The molecule has 2 N–H and O–H groups in total. The van der Waals surface area contributed by atoms with Crippen molar-refractivity contribution in [2.75, 3.05) is 0 Å². The molecule has 0 aliphatic carbocycles. The van der Waals surface area contributed by atoms with Crippen molar-refractivity contribution in [2.45, 2.75) is 17.0 Å². The van der Waals surface area contributed by atoms with E-state index in [1.165, 1.54) is 23.9 Å². The number of rotatable bonds is 6. The minimum Gasteiger partial charge on any atom is -0.351 e. The van der Waals surface area contributed by atoms with Crippen LogP contribution in [0.2, 0.25) is 0 Å². The molecule has 3 aromatic carbocycles. The molecule has 28 heavy (non-hydrogen) atoms. The fourth-order valence-corrected chi connectivity index (χ4v) is 3.91. The molecule has 0 bridgehead atoms. The highest BCUT2D eigenvalue weighted by Gasteiger charge is 2.23. The molecule has 4 rings (SSSR count). The lowest BCUT2D eigenvalue weighted by molar-refractivity contribution is -0.120. The summed E-state index contributed by atoms with van der Waals surface area (Å²) in [5, 5.41) is 3.18. The van der Waals surface area contributed by atoms with Crippen LogP contribution >= 0.6 is 11.8 Å². The summed E-state index contributed by atoms with van der Waals surface area (Å²) in [7, 11) is 0. The van der Waals surface area contributed by atoms with Crippen LogP contribution in [0.15, 0.2) is 84.0 Å². The number of nitrogens with one attached hydrogen (secondary N) is 2. The number of imidazole rings is 1. The molecule has 6 heteroatoms. The lowest BCUT2D eigenvalue weighted by Gasteiger charge is -2.16. The first-order valence-electron chi connectivity index (χ1n) is 8.87. The maximum Gasteiger partial charge on any atom is 0.238 e. The molecule has 140 valence electrons. The molecule has 1 amide bonds. The summed E-state index contributed by atoms with van der Waals surface area (Å²) in [4.78, 5) is 20.8. The Morgan fingerprint density at radius 1 is 1.00 bits per heavy atom. The van der Waals surface area contributed by atoms with Gasteiger partial charge in [0.25, 0.3) is 0 Å². The normalized spacial score (nSPS) is 12.0. The van der Waals surface area contributed by atoms with E-state index < -0.39 is 5.25 Å². The van der Waals surface area contributed by atoms with Crippen molar-refractivity contribution in [2.24, 2.45) is 0 Å². The molecule has 1 aromatic heterocycles. The minimum absolute atomic E-state index is 0.124. The van der Waals surface area contributed by atoms with Gasteiger partial charge in [0.2, 0.25) is 5.91 Å². The number of nitrogens with zero attached hydrogens (tertiary/aromatic N) is 1. The van der Waals surface area contributed by atoms with Gasteiger partial charge >= 0.3 is 0 Å². The molecule has 0 radical (unpaired) electrons. The summed E-state index contributed by atoms with van der Waals surface area (Å²) >= 11 is 1.37. The van der Waals surface area contributed by atoms with Gasteiger partial charge in [-0.05, 0) is 35.4 Å². The van der Waals surface area contributed by atoms with Crippen molar-refractivity contribution in [3.63, 3.8) is 0 Å². The van der Waals surface area contributed by atoms with Gasteiger partial charge in [-0.25, -0.2) is 9.37 Å². The van der Waals surface area contributed by atoms with E-state index in [9.17, 15) is 9.18 Å². The third-order valence-electron chi connectivity index (χ3n) is 4.32. The van der Waals surface area contributed by atoms with E-state index in [2.05, 4.69) is 15.3 Å². The van der Waals surface area contributed by atoms with Crippen LogP contribution in [0.5, 0.6) is 0 Å². The van der Waals surface area contributed by atoms with Crippen LogP contribution in [-0.4, -0.2) is 15.9 Å². The van der Waals surface area contributed by atoms with Crippen molar-refractivity contribution in [3.8, 4) is 0 Å². The molecule has 0 saturated heterocycles. The number of halogens is 1. The van der Waals surface area contributed by atoms with E-state index in [4.69, 9.17) is 0 Å². The first kappa shape index (κ1) is 18.3. The standard InChI is InChI=1S/C22H18FN3OS/c23-17-12-10-15(11-13-17)14-24-21(27)20(16-6-2-1-3-7-16)28-22-25-18-8-4-5-9-19(18)26-22/h1-13,20H,14H2,(H,24,27)(H,25,26)/t20-/m1/s1. The Morgan fingerprint density at radius 2 is 1.71 bits per heavy atom. The summed E-state index contributed by atoms with van der Waals surface area (Å²) in [5.41, 5.74) is 3.53. The lowest BCUT2D eigenvalue weighted by atomic mass is 10.1. The van der Waals surface area contributed by atoms with Crippen LogP contribution in [-0.2, 0) is 11.3 Å². The van der Waals surface area contributed by atoms with Crippen molar-refractivity contribution in [1.29, 1.82) is 0 Å². The Morgan fingerprint density at radius 3 is 2.46 bits per heavy atom. The first-order valence-corrected chi connectivity index (χ1v) is 9.75. The van der Waals surface area contributed by atoms with Crippen LogP contribution in [0.25, 0.3) is 11.0 Å². The van der Waals surface area contributed by atoms with Gasteiger partial charge in [-0.15, -0.1) is 0 Å². The van der Waals surface area contributed by atoms with Gasteiger partial charge < -0.3 is 10.3 Å². The molecule has 0 unspecified atom stereocenters. The molecule has 4 aromatic rings. The predicted octanol–water partition coefficient (Wildman–Crippen LogP) is 4.85. The van der Waals surface area contributed by atoms with E-state index in [1.54, 1.807) is 12.1 Å². The van der Waals surface area contributed by atoms with Gasteiger partial charge in [-0.1, -0.05) is 66.4 Å². The van der Waals surface area contributed by atoms with E-state index in [0.717, 1.165) is 22.2 Å². The van der Waals surface area contributed by atoms with E-state index >= 15 is 0 Å². The van der Waals surface area contributed by atoms with Gasteiger partial charge in [-0.2, -0.15) is 0 Å². The van der Waals surface area contributed by atoms with Crippen molar-refractivity contribution < 1.29 is 9.18 Å². The number of fused-ring (bicyclic) bond motifs is 1. The molecule has 0 fully saturated rings. The van der Waals surface area contributed by atoms with Crippen molar-refractivity contribution in [1.82, 2.24) is 15.3 Å². The second kappa shape index (κ2) is 8.27. The van der Waals surface area contributed by atoms with Crippen molar-refractivity contribution >= 4 is 28.7 Å². The largest absolute Gasteiger partial charge is 0.351 e. The number of H-pyrrole nitrogens is 1. The molecule has 0 spiro atoms. The monoisotopic (exact) mass is 391 g/mol. The number of hydrogen-bond acceptors (Lipinski definition) is 3. The summed E-state index contributed by atoms with van der Waals surface area (Å²) in [6.07, 6.45) is 0. The second-order valence-corrected chi connectivity index (χ2v) is 7.41. The fraction of sp³-hybridized carbons (Fsp3) is 0.0909. The van der Waals surface area contributed by atoms with Gasteiger partial charge in [0, 0.05) is 6.54 Å².